The Morgan fingerprint density at radius 2 is 1.04 bits per heavy atom. The van der Waals surface area contributed by atoms with Crippen molar-refractivity contribution in [3.05, 3.63) is 107 Å². The van der Waals surface area contributed by atoms with Gasteiger partial charge in [-0.2, -0.15) is 0 Å². The van der Waals surface area contributed by atoms with E-state index in [1.54, 1.807) is 36.4 Å². The van der Waals surface area contributed by atoms with Crippen LogP contribution in [0.3, 0.4) is 0 Å². The highest BCUT2D eigenvalue weighted by atomic mass is 16.3. The van der Waals surface area contributed by atoms with Crippen molar-refractivity contribution in [3.63, 3.8) is 0 Å². The molecule has 0 aromatic heterocycles. The van der Waals surface area contributed by atoms with E-state index in [0.29, 0.717) is 22.3 Å². The Balaban J connectivity index is 1.82. The molecule has 1 aliphatic rings. The van der Waals surface area contributed by atoms with Gasteiger partial charge in [-0.25, -0.2) is 0 Å². The van der Waals surface area contributed by atoms with Crippen LogP contribution in [0.1, 0.15) is 44.0 Å². The van der Waals surface area contributed by atoms with Crippen LogP contribution < -0.4 is 0 Å². The quantitative estimate of drug-likeness (QED) is 0.734. The maximum absolute atomic E-state index is 13.0. The number of nitrogens with zero attached hydrogens (tertiary/aromatic N) is 1. The lowest BCUT2D eigenvalue weighted by Gasteiger charge is -2.31. The molecule has 0 saturated heterocycles. The number of imide groups is 1. The Morgan fingerprint density at radius 3 is 1.54 bits per heavy atom. The third-order valence-electron chi connectivity index (χ3n) is 4.68. The Morgan fingerprint density at radius 1 is 0.615 bits per heavy atom. The fourth-order valence-electron chi connectivity index (χ4n) is 3.42. The minimum Gasteiger partial charge on any atom is -0.386 e. The molecule has 1 N–H and O–H groups in total. The molecule has 0 spiro atoms. The van der Waals surface area contributed by atoms with Gasteiger partial charge in [0.2, 0.25) is 0 Å². The number of amides is 2. The van der Waals surface area contributed by atoms with Crippen LogP contribution in [-0.2, 0) is 0 Å². The lowest BCUT2D eigenvalue weighted by molar-refractivity contribution is 0.0330. The Bertz CT molecular complexity index is 918. The van der Waals surface area contributed by atoms with Gasteiger partial charge in [-0.3, -0.25) is 14.5 Å². The zero-order chi connectivity index (χ0) is 18.1. The van der Waals surface area contributed by atoms with E-state index in [0.717, 1.165) is 0 Å². The smallest absolute Gasteiger partial charge is 0.262 e. The normalized spacial score (nSPS) is 15.7. The number of fused-ring (bicyclic) bond motifs is 1. The predicted octanol–water partition coefficient (Wildman–Crippen LogP) is 3.76. The van der Waals surface area contributed by atoms with Crippen LogP contribution in [0.4, 0.5) is 0 Å². The van der Waals surface area contributed by atoms with Crippen molar-refractivity contribution in [1.82, 2.24) is 4.90 Å². The van der Waals surface area contributed by atoms with Crippen LogP contribution in [0, 0.1) is 0 Å². The summed E-state index contributed by atoms with van der Waals surface area (Å²) in [5.41, 5.74) is 2.11. The molecule has 0 saturated carbocycles. The van der Waals surface area contributed by atoms with Crippen molar-refractivity contribution in [1.29, 1.82) is 0 Å². The first-order chi connectivity index (χ1) is 12.7. The van der Waals surface area contributed by atoms with Crippen LogP contribution in [0.15, 0.2) is 84.9 Å². The summed E-state index contributed by atoms with van der Waals surface area (Å²) in [5, 5.41) is 11.1. The summed E-state index contributed by atoms with van der Waals surface area (Å²) in [5.74, 6) is -0.760. The number of rotatable bonds is 4. The van der Waals surface area contributed by atoms with Gasteiger partial charge >= 0.3 is 0 Å². The van der Waals surface area contributed by atoms with E-state index in [1.165, 1.54) is 4.90 Å². The summed E-state index contributed by atoms with van der Waals surface area (Å²) in [6, 6.07) is 24.2. The molecule has 0 bridgehead atoms. The number of hydrogen-bond donors (Lipinski definition) is 1. The van der Waals surface area contributed by atoms with Crippen molar-refractivity contribution in [2.24, 2.45) is 0 Å². The molecule has 0 radical (unpaired) electrons. The van der Waals surface area contributed by atoms with Crippen molar-refractivity contribution < 1.29 is 14.7 Å². The van der Waals surface area contributed by atoms with Crippen LogP contribution in [-0.4, -0.2) is 21.8 Å². The Kier molecular flexibility index (Phi) is 4.11. The topological polar surface area (TPSA) is 57.6 Å². The van der Waals surface area contributed by atoms with Crippen LogP contribution >= 0.6 is 0 Å². The maximum atomic E-state index is 13.0. The Hall–Kier alpha value is -3.24. The molecule has 4 rings (SSSR count). The van der Waals surface area contributed by atoms with Gasteiger partial charge in [-0.1, -0.05) is 72.8 Å². The number of aliphatic hydroxyl groups excluding tert-OH is 1. The molecule has 4 heteroatoms. The van der Waals surface area contributed by atoms with E-state index in [4.69, 9.17) is 0 Å². The second kappa shape index (κ2) is 6.58. The largest absolute Gasteiger partial charge is 0.386 e. The molecular weight excluding hydrogens is 326 g/mol. The van der Waals surface area contributed by atoms with Gasteiger partial charge < -0.3 is 5.11 Å². The molecular formula is C22H17NO3. The van der Waals surface area contributed by atoms with E-state index >= 15 is 0 Å². The number of aliphatic hydroxyl groups is 1. The highest BCUT2D eigenvalue weighted by molar-refractivity contribution is 6.21. The molecule has 0 unspecified atom stereocenters. The molecule has 3 aromatic carbocycles. The summed E-state index contributed by atoms with van der Waals surface area (Å²) in [6.45, 7) is 0. The fourth-order valence-corrected chi connectivity index (χ4v) is 3.42. The third-order valence-corrected chi connectivity index (χ3v) is 4.68. The standard InChI is InChI=1S/C22H17NO3/c24-20(16-11-5-2-6-12-16)19(15-9-3-1-4-10-15)23-21(25)17-13-7-8-14-18(17)22(23)26/h1-14,19-20,24H/t19-,20+/m0/s1. The monoisotopic (exact) mass is 343 g/mol. The van der Waals surface area contributed by atoms with E-state index in [9.17, 15) is 14.7 Å². The minimum absolute atomic E-state index is 0.374. The first-order valence-corrected chi connectivity index (χ1v) is 8.43. The molecule has 2 atom stereocenters. The maximum Gasteiger partial charge on any atom is 0.262 e. The van der Waals surface area contributed by atoms with Crippen LogP contribution in [0.5, 0.6) is 0 Å². The van der Waals surface area contributed by atoms with Crippen molar-refractivity contribution in [3.8, 4) is 0 Å². The second-order valence-electron chi connectivity index (χ2n) is 6.24. The molecule has 0 aliphatic carbocycles. The summed E-state index contributed by atoms with van der Waals surface area (Å²) < 4.78 is 0. The lowest BCUT2D eigenvalue weighted by atomic mass is 9.94. The van der Waals surface area contributed by atoms with Gasteiger partial charge in [-0.15, -0.1) is 0 Å². The summed E-state index contributed by atoms with van der Waals surface area (Å²) >= 11 is 0. The van der Waals surface area contributed by atoms with Gasteiger partial charge in [0.15, 0.2) is 0 Å². The molecule has 1 aliphatic heterocycles. The Labute approximate surface area is 151 Å². The van der Waals surface area contributed by atoms with Crippen molar-refractivity contribution in [2.45, 2.75) is 12.1 Å². The highest BCUT2D eigenvalue weighted by Crippen LogP contribution is 2.39. The average Bonchev–Trinajstić information content (AvgIpc) is 2.95. The number of hydrogen-bond acceptors (Lipinski definition) is 3. The van der Waals surface area contributed by atoms with Gasteiger partial charge in [0.25, 0.3) is 11.8 Å². The van der Waals surface area contributed by atoms with E-state index < -0.39 is 12.1 Å². The van der Waals surface area contributed by atoms with Gasteiger partial charge in [0.05, 0.1) is 17.2 Å². The van der Waals surface area contributed by atoms with Crippen molar-refractivity contribution >= 4 is 11.8 Å². The number of carbonyl (C=O) groups excluding carboxylic acids is 2. The van der Waals surface area contributed by atoms with Crippen LogP contribution in [0.2, 0.25) is 0 Å². The summed E-state index contributed by atoms with van der Waals surface area (Å²) in [7, 11) is 0. The first kappa shape index (κ1) is 16.2. The number of benzene rings is 3. The minimum atomic E-state index is -1.03. The fraction of sp³-hybridized carbons (Fsp3) is 0.0909. The van der Waals surface area contributed by atoms with Gasteiger partial charge in [0, 0.05) is 0 Å². The van der Waals surface area contributed by atoms with E-state index in [2.05, 4.69) is 0 Å². The van der Waals surface area contributed by atoms with Crippen molar-refractivity contribution in [2.75, 3.05) is 0 Å². The summed E-state index contributed by atoms with van der Waals surface area (Å²) in [6.07, 6.45) is -1.03. The second-order valence-corrected chi connectivity index (χ2v) is 6.24. The number of carbonyl (C=O) groups is 2. The molecule has 128 valence electrons. The zero-order valence-electron chi connectivity index (χ0n) is 13.9. The van der Waals surface area contributed by atoms with Crippen LogP contribution in [0.25, 0.3) is 0 Å². The zero-order valence-corrected chi connectivity index (χ0v) is 13.9. The molecule has 4 nitrogen and oxygen atoms in total. The van der Waals surface area contributed by atoms with Gasteiger partial charge in [0.1, 0.15) is 6.10 Å². The third kappa shape index (κ3) is 2.61. The lowest BCUT2D eigenvalue weighted by Crippen LogP contribution is -2.37. The molecule has 26 heavy (non-hydrogen) atoms. The molecule has 3 aromatic rings. The average molecular weight is 343 g/mol. The highest BCUT2D eigenvalue weighted by Gasteiger charge is 2.43. The predicted molar refractivity (Wildman–Crippen MR) is 97.5 cm³/mol. The molecule has 1 heterocycles. The SMILES string of the molecule is O=C1c2ccccc2C(=O)N1[C@@H](c1ccccc1)[C@H](O)c1ccccc1. The van der Waals surface area contributed by atoms with E-state index in [-0.39, 0.29) is 11.8 Å². The van der Waals surface area contributed by atoms with E-state index in [1.807, 2.05) is 48.5 Å². The molecule has 0 fully saturated rings. The first-order valence-electron chi connectivity index (χ1n) is 8.43. The molecule has 2 amide bonds. The van der Waals surface area contributed by atoms with Gasteiger partial charge in [-0.05, 0) is 23.3 Å². The summed E-state index contributed by atoms with van der Waals surface area (Å²) in [4.78, 5) is 27.1.